The van der Waals surface area contributed by atoms with Gasteiger partial charge >= 0.3 is 0 Å². The lowest BCUT2D eigenvalue weighted by atomic mass is 10.2. The number of hydrogen-bond acceptors (Lipinski definition) is 4. The van der Waals surface area contributed by atoms with Gasteiger partial charge in [0.2, 0.25) is 0 Å². The van der Waals surface area contributed by atoms with Crippen molar-refractivity contribution in [1.82, 2.24) is 20.2 Å². The highest BCUT2D eigenvalue weighted by Gasteiger charge is 2.00. The molecule has 0 aliphatic carbocycles. The predicted molar refractivity (Wildman–Crippen MR) is 42.4 cm³/mol. The average molecular weight is 168 g/mol. The zero-order chi connectivity index (χ0) is 8.97. The van der Waals surface area contributed by atoms with Gasteiger partial charge in [-0.15, -0.1) is 10.2 Å². The maximum absolute atomic E-state index is 10.6. The second-order valence-electron chi connectivity index (χ2n) is 2.75. The molecule has 0 spiro atoms. The SMILES string of the molecule is CC(=O)CCCc1nnn(C)n1. The van der Waals surface area contributed by atoms with Gasteiger partial charge in [0.05, 0.1) is 7.05 Å². The van der Waals surface area contributed by atoms with E-state index >= 15 is 0 Å². The van der Waals surface area contributed by atoms with Crippen molar-refractivity contribution in [1.29, 1.82) is 0 Å². The first-order valence-electron chi connectivity index (χ1n) is 3.91. The van der Waals surface area contributed by atoms with E-state index in [1.165, 1.54) is 4.80 Å². The summed E-state index contributed by atoms with van der Waals surface area (Å²) in [6.45, 7) is 1.59. The Balaban J connectivity index is 2.29. The zero-order valence-electron chi connectivity index (χ0n) is 7.32. The first kappa shape index (κ1) is 8.83. The van der Waals surface area contributed by atoms with E-state index in [4.69, 9.17) is 0 Å². The summed E-state index contributed by atoms with van der Waals surface area (Å²) < 4.78 is 0. The molecule has 0 atom stereocenters. The van der Waals surface area contributed by atoms with Crippen molar-refractivity contribution < 1.29 is 4.79 Å². The van der Waals surface area contributed by atoms with Crippen molar-refractivity contribution in [2.75, 3.05) is 0 Å². The number of tetrazole rings is 1. The smallest absolute Gasteiger partial charge is 0.174 e. The van der Waals surface area contributed by atoms with E-state index in [0.717, 1.165) is 12.8 Å². The van der Waals surface area contributed by atoms with Crippen LogP contribution in [0.15, 0.2) is 0 Å². The normalized spacial score (nSPS) is 10.2. The number of Topliss-reactive ketones (excluding diaryl/α,β-unsaturated/α-hetero) is 1. The average Bonchev–Trinajstić information content (AvgIpc) is 2.35. The Morgan fingerprint density at radius 1 is 1.58 bits per heavy atom. The monoisotopic (exact) mass is 168 g/mol. The summed E-state index contributed by atoms with van der Waals surface area (Å²) in [5.74, 6) is 0.914. The molecule has 0 radical (unpaired) electrons. The topological polar surface area (TPSA) is 60.7 Å². The summed E-state index contributed by atoms with van der Waals surface area (Å²) in [6.07, 6.45) is 2.13. The molecule has 0 amide bonds. The second-order valence-corrected chi connectivity index (χ2v) is 2.75. The van der Waals surface area contributed by atoms with Gasteiger partial charge in [-0.05, 0) is 18.6 Å². The van der Waals surface area contributed by atoms with Crippen LogP contribution >= 0.6 is 0 Å². The standard InChI is InChI=1S/C7H12N4O/c1-6(12)4-3-5-7-8-10-11(2)9-7/h3-5H2,1-2H3. The summed E-state index contributed by atoms with van der Waals surface area (Å²) >= 11 is 0. The van der Waals surface area contributed by atoms with E-state index in [2.05, 4.69) is 15.4 Å². The molecule has 12 heavy (non-hydrogen) atoms. The van der Waals surface area contributed by atoms with Gasteiger partial charge in [-0.2, -0.15) is 4.80 Å². The van der Waals surface area contributed by atoms with Gasteiger partial charge in [-0.1, -0.05) is 0 Å². The highest BCUT2D eigenvalue weighted by Crippen LogP contribution is 1.97. The van der Waals surface area contributed by atoms with Gasteiger partial charge in [0.25, 0.3) is 0 Å². The molecule has 0 fully saturated rings. The fourth-order valence-corrected chi connectivity index (χ4v) is 0.919. The predicted octanol–water partition coefficient (Wildman–Crippen LogP) is 0.122. The molecular formula is C7H12N4O. The minimum absolute atomic E-state index is 0.207. The molecule has 0 aliphatic heterocycles. The lowest BCUT2D eigenvalue weighted by Crippen LogP contribution is -1.95. The highest BCUT2D eigenvalue weighted by molar-refractivity contribution is 5.75. The Morgan fingerprint density at radius 3 is 2.83 bits per heavy atom. The van der Waals surface area contributed by atoms with Crippen LogP contribution in [0.1, 0.15) is 25.6 Å². The maximum atomic E-state index is 10.6. The fourth-order valence-electron chi connectivity index (χ4n) is 0.919. The van der Waals surface area contributed by atoms with E-state index in [1.54, 1.807) is 14.0 Å². The molecule has 0 aromatic carbocycles. The van der Waals surface area contributed by atoms with E-state index in [0.29, 0.717) is 12.2 Å². The molecule has 1 rings (SSSR count). The van der Waals surface area contributed by atoms with E-state index < -0.39 is 0 Å². The number of ketones is 1. The van der Waals surface area contributed by atoms with Crippen molar-refractivity contribution in [2.24, 2.45) is 7.05 Å². The summed E-state index contributed by atoms with van der Waals surface area (Å²) in [7, 11) is 1.72. The van der Waals surface area contributed by atoms with Gasteiger partial charge in [0.15, 0.2) is 5.82 Å². The van der Waals surface area contributed by atoms with Crippen LogP contribution in [0.2, 0.25) is 0 Å². The third-order valence-electron chi connectivity index (χ3n) is 1.48. The molecule has 1 heterocycles. The molecular weight excluding hydrogens is 156 g/mol. The number of nitrogens with zero attached hydrogens (tertiary/aromatic N) is 4. The molecule has 1 aromatic rings. The highest BCUT2D eigenvalue weighted by atomic mass is 16.1. The molecule has 1 aromatic heterocycles. The van der Waals surface area contributed by atoms with Crippen LogP contribution in [0.25, 0.3) is 0 Å². The molecule has 0 aliphatic rings. The number of aryl methyl sites for hydroxylation is 2. The fraction of sp³-hybridized carbons (Fsp3) is 0.714. The molecule has 5 nitrogen and oxygen atoms in total. The van der Waals surface area contributed by atoms with Gasteiger partial charge in [-0.25, -0.2) is 0 Å². The number of hydrogen-bond donors (Lipinski definition) is 0. The van der Waals surface area contributed by atoms with Crippen LogP contribution < -0.4 is 0 Å². The Kier molecular flexibility index (Phi) is 2.90. The van der Waals surface area contributed by atoms with E-state index in [-0.39, 0.29) is 5.78 Å². The van der Waals surface area contributed by atoms with Crippen molar-refractivity contribution in [3.63, 3.8) is 0 Å². The minimum atomic E-state index is 0.207. The second kappa shape index (κ2) is 3.94. The number of rotatable bonds is 4. The van der Waals surface area contributed by atoms with E-state index in [9.17, 15) is 4.79 Å². The molecule has 5 heteroatoms. The minimum Gasteiger partial charge on any atom is -0.300 e. The summed E-state index contributed by atoms with van der Waals surface area (Å²) in [5.41, 5.74) is 0. The maximum Gasteiger partial charge on any atom is 0.174 e. The Hall–Kier alpha value is -1.26. The van der Waals surface area contributed by atoms with Gasteiger partial charge in [0.1, 0.15) is 5.78 Å². The van der Waals surface area contributed by atoms with Crippen molar-refractivity contribution in [2.45, 2.75) is 26.2 Å². The zero-order valence-corrected chi connectivity index (χ0v) is 7.32. The van der Waals surface area contributed by atoms with Crippen molar-refractivity contribution in [3.05, 3.63) is 5.82 Å². The number of carbonyl (C=O) groups is 1. The number of aromatic nitrogens is 4. The quantitative estimate of drug-likeness (QED) is 0.640. The van der Waals surface area contributed by atoms with Crippen LogP contribution in [0.5, 0.6) is 0 Å². The van der Waals surface area contributed by atoms with Crippen LogP contribution in [-0.2, 0) is 18.3 Å². The van der Waals surface area contributed by atoms with E-state index in [1.807, 2.05) is 0 Å². The molecule has 0 bridgehead atoms. The molecule has 0 saturated heterocycles. The Labute approximate surface area is 70.8 Å². The van der Waals surface area contributed by atoms with Crippen LogP contribution in [0, 0.1) is 0 Å². The van der Waals surface area contributed by atoms with Crippen LogP contribution in [-0.4, -0.2) is 26.0 Å². The third-order valence-corrected chi connectivity index (χ3v) is 1.48. The first-order valence-corrected chi connectivity index (χ1v) is 3.91. The Morgan fingerprint density at radius 2 is 2.33 bits per heavy atom. The molecule has 0 N–H and O–H groups in total. The first-order chi connectivity index (χ1) is 5.68. The lowest BCUT2D eigenvalue weighted by Gasteiger charge is -1.91. The molecule has 66 valence electrons. The summed E-state index contributed by atoms with van der Waals surface area (Å²) in [5, 5.41) is 11.5. The van der Waals surface area contributed by atoms with Crippen molar-refractivity contribution in [3.8, 4) is 0 Å². The Bertz CT molecular complexity index is 268. The lowest BCUT2D eigenvalue weighted by molar-refractivity contribution is -0.117. The van der Waals surface area contributed by atoms with Crippen molar-refractivity contribution >= 4 is 5.78 Å². The van der Waals surface area contributed by atoms with Crippen LogP contribution in [0.4, 0.5) is 0 Å². The van der Waals surface area contributed by atoms with Gasteiger partial charge in [-0.3, -0.25) is 0 Å². The van der Waals surface area contributed by atoms with Gasteiger partial charge in [0, 0.05) is 12.8 Å². The number of carbonyl (C=O) groups excluding carboxylic acids is 1. The molecule has 0 saturated carbocycles. The molecule has 0 unspecified atom stereocenters. The summed E-state index contributed by atoms with van der Waals surface area (Å²) in [4.78, 5) is 12.0. The summed E-state index contributed by atoms with van der Waals surface area (Å²) in [6, 6.07) is 0. The third kappa shape index (κ3) is 2.77. The van der Waals surface area contributed by atoms with Gasteiger partial charge < -0.3 is 4.79 Å². The largest absolute Gasteiger partial charge is 0.300 e. The van der Waals surface area contributed by atoms with Crippen LogP contribution in [0.3, 0.4) is 0 Å².